The number of benzene rings is 6. The zero-order chi connectivity index (χ0) is 31.3. The third-order valence-electron chi connectivity index (χ3n) is 8.95. The number of carboxylic acids is 1. The molecule has 6 aromatic rings. The Balaban J connectivity index is 1.58. The molecule has 2 aliphatic rings. The Morgan fingerprint density at radius 2 is 0.956 bits per heavy atom. The van der Waals surface area contributed by atoms with E-state index < -0.39 is 5.97 Å². The van der Waals surface area contributed by atoms with Crippen molar-refractivity contribution in [1.29, 1.82) is 0 Å². The van der Waals surface area contributed by atoms with Crippen LogP contribution >= 0.6 is 95.6 Å². The lowest BCUT2D eigenvalue weighted by Crippen LogP contribution is -2.07. The second-order valence-electron chi connectivity index (χ2n) is 11.2. The molecule has 6 aromatic carbocycles. The van der Waals surface area contributed by atoms with Crippen LogP contribution in [-0.4, -0.2) is 11.1 Å². The van der Waals surface area contributed by atoms with Crippen molar-refractivity contribution in [3.8, 4) is 44.5 Å². The lowest BCUT2D eigenvalue weighted by molar-refractivity contribution is 0.0700. The van der Waals surface area contributed by atoms with Crippen LogP contribution in [0, 0.1) is 0 Å². The molecule has 0 spiro atoms. The Kier molecular flexibility index (Phi) is 7.59. The van der Waals surface area contributed by atoms with E-state index in [9.17, 15) is 9.90 Å². The summed E-state index contributed by atoms with van der Waals surface area (Å²) in [6, 6.07) is 26.8. The number of hydrogen-bond acceptors (Lipinski definition) is 1. The van der Waals surface area contributed by atoms with Gasteiger partial charge in [-0.2, -0.15) is 0 Å². The van der Waals surface area contributed by atoms with Gasteiger partial charge in [-0.1, -0.05) is 72.8 Å². The number of rotatable bonds is 3. The number of carbonyl (C=O) groups is 1. The molecule has 220 valence electrons. The number of aromatic carboxylic acids is 1. The molecule has 1 N–H and O–H groups in total. The highest BCUT2D eigenvalue weighted by Gasteiger charge is 2.35. The molecule has 45 heavy (non-hydrogen) atoms. The minimum absolute atomic E-state index is 0.284. The first-order chi connectivity index (χ1) is 21.7. The molecule has 0 atom stereocenters. The lowest BCUT2D eigenvalue weighted by Gasteiger charge is -2.24. The molecule has 8 rings (SSSR count). The highest BCUT2D eigenvalue weighted by Crippen LogP contribution is 2.58. The van der Waals surface area contributed by atoms with E-state index in [0.717, 1.165) is 83.2 Å². The molecule has 0 unspecified atom stereocenters. The van der Waals surface area contributed by atoms with E-state index in [1.54, 1.807) is 0 Å². The standard InChI is InChI=1S/C37H18Br6O2/c38-31-25-19-10-4-1-7-16(19)13-22(25)27(33(40)35(31)42)23-14-18-9-3-6-12-21(18)30(37(44)45)28(23)29-24-15-17-8-2-5-11-20(17)26(24)32(39)36(43)34(29)41/h1-12,14H,13,15H2,(H,44,45). The van der Waals surface area contributed by atoms with Crippen LogP contribution < -0.4 is 0 Å². The van der Waals surface area contributed by atoms with Gasteiger partial charge in [0, 0.05) is 54.7 Å². The molecule has 2 nitrogen and oxygen atoms in total. The lowest BCUT2D eigenvalue weighted by atomic mass is 9.82. The number of halogens is 6. The number of hydrogen-bond donors (Lipinski definition) is 1. The second-order valence-corrected chi connectivity index (χ2v) is 16.0. The Bertz CT molecular complexity index is 2320. The van der Waals surface area contributed by atoms with Gasteiger partial charge in [0.2, 0.25) is 0 Å². The van der Waals surface area contributed by atoms with E-state index in [1.165, 1.54) is 16.7 Å². The average molecular weight is 974 g/mol. The normalized spacial score (nSPS) is 12.7. The minimum atomic E-state index is -0.967. The van der Waals surface area contributed by atoms with Gasteiger partial charge in [-0.15, -0.1) is 0 Å². The third-order valence-corrected chi connectivity index (χ3v) is 15.8. The number of carboxylic acid groups (broad SMARTS) is 1. The molecule has 0 saturated carbocycles. The second kappa shape index (κ2) is 11.3. The van der Waals surface area contributed by atoms with Crippen LogP contribution in [0.3, 0.4) is 0 Å². The highest BCUT2D eigenvalue weighted by molar-refractivity contribution is 9.15. The van der Waals surface area contributed by atoms with Crippen molar-refractivity contribution in [1.82, 2.24) is 0 Å². The van der Waals surface area contributed by atoms with Gasteiger partial charge in [-0.05, 0) is 164 Å². The summed E-state index contributed by atoms with van der Waals surface area (Å²) >= 11 is 23.5. The van der Waals surface area contributed by atoms with Crippen LogP contribution in [0.15, 0.2) is 106 Å². The van der Waals surface area contributed by atoms with E-state index in [0.29, 0.717) is 17.4 Å². The van der Waals surface area contributed by atoms with Gasteiger partial charge in [0.05, 0.1) is 5.56 Å². The van der Waals surface area contributed by atoms with Crippen LogP contribution in [0.2, 0.25) is 0 Å². The first kappa shape index (κ1) is 30.3. The first-order valence-corrected chi connectivity index (χ1v) is 18.8. The Morgan fingerprint density at radius 1 is 0.511 bits per heavy atom. The van der Waals surface area contributed by atoms with Crippen molar-refractivity contribution >= 4 is 112 Å². The monoisotopic (exact) mass is 968 g/mol. The van der Waals surface area contributed by atoms with Gasteiger partial charge in [0.1, 0.15) is 0 Å². The van der Waals surface area contributed by atoms with Gasteiger partial charge >= 0.3 is 5.97 Å². The average Bonchev–Trinajstić information content (AvgIpc) is 3.61. The molecule has 8 heteroatoms. The van der Waals surface area contributed by atoms with Crippen LogP contribution in [0.4, 0.5) is 0 Å². The fraction of sp³-hybridized carbons (Fsp3) is 0.0541. The van der Waals surface area contributed by atoms with Crippen LogP contribution in [0.5, 0.6) is 0 Å². The van der Waals surface area contributed by atoms with Gasteiger partial charge in [0.15, 0.2) is 0 Å². The summed E-state index contributed by atoms with van der Waals surface area (Å²) in [5.41, 5.74) is 12.9. The summed E-state index contributed by atoms with van der Waals surface area (Å²) in [5, 5.41) is 12.6. The Morgan fingerprint density at radius 3 is 1.51 bits per heavy atom. The molecular weight excluding hydrogens is 956 g/mol. The molecule has 0 heterocycles. The van der Waals surface area contributed by atoms with Gasteiger partial charge < -0.3 is 5.11 Å². The Labute approximate surface area is 310 Å². The van der Waals surface area contributed by atoms with Crippen molar-refractivity contribution in [2.45, 2.75) is 12.8 Å². The van der Waals surface area contributed by atoms with Crippen LogP contribution in [-0.2, 0) is 12.8 Å². The van der Waals surface area contributed by atoms with Crippen LogP contribution in [0.25, 0.3) is 55.3 Å². The van der Waals surface area contributed by atoms with Crippen molar-refractivity contribution in [3.63, 3.8) is 0 Å². The number of fused-ring (bicyclic) bond motifs is 7. The first-order valence-electron chi connectivity index (χ1n) is 14.0. The third kappa shape index (κ3) is 4.42. The molecular formula is C37H18Br6O2. The quantitative estimate of drug-likeness (QED) is 0.179. The molecule has 0 aromatic heterocycles. The highest BCUT2D eigenvalue weighted by atomic mass is 79.9. The molecule has 0 bridgehead atoms. The summed E-state index contributed by atoms with van der Waals surface area (Å²) in [6.45, 7) is 0. The predicted molar refractivity (Wildman–Crippen MR) is 204 cm³/mol. The topological polar surface area (TPSA) is 37.3 Å². The largest absolute Gasteiger partial charge is 0.478 e. The van der Waals surface area contributed by atoms with Gasteiger partial charge in [-0.3, -0.25) is 0 Å². The maximum absolute atomic E-state index is 13.5. The molecule has 0 fully saturated rings. The van der Waals surface area contributed by atoms with Crippen LogP contribution in [0.1, 0.15) is 32.6 Å². The molecule has 0 saturated heterocycles. The molecule has 0 aliphatic heterocycles. The van der Waals surface area contributed by atoms with E-state index >= 15 is 0 Å². The maximum Gasteiger partial charge on any atom is 0.336 e. The van der Waals surface area contributed by atoms with Gasteiger partial charge in [0.25, 0.3) is 0 Å². The van der Waals surface area contributed by atoms with E-state index in [1.807, 2.05) is 24.3 Å². The van der Waals surface area contributed by atoms with Crippen molar-refractivity contribution in [3.05, 3.63) is 134 Å². The summed E-state index contributed by atoms with van der Waals surface area (Å²) in [6.07, 6.45) is 1.42. The SMILES string of the molecule is O=C(O)c1c(-c2c(Br)c(Br)c(Br)c3c2Cc2ccccc2-3)c(-c2c(Br)c(Br)c(Br)c3c2Cc2ccccc2-3)cc2ccccc12. The fourth-order valence-corrected chi connectivity index (χ4v) is 11.0. The summed E-state index contributed by atoms with van der Waals surface area (Å²) < 4.78 is 5.34. The predicted octanol–water partition coefficient (Wildman–Crippen LogP) is 13.6. The zero-order valence-corrected chi connectivity index (χ0v) is 32.6. The zero-order valence-electron chi connectivity index (χ0n) is 23.0. The van der Waals surface area contributed by atoms with E-state index in [2.05, 4.69) is 150 Å². The van der Waals surface area contributed by atoms with Crippen molar-refractivity contribution in [2.24, 2.45) is 0 Å². The van der Waals surface area contributed by atoms with Crippen molar-refractivity contribution in [2.75, 3.05) is 0 Å². The summed E-state index contributed by atoms with van der Waals surface area (Å²) in [7, 11) is 0. The van der Waals surface area contributed by atoms with Crippen molar-refractivity contribution < 1.29 is 9.90 Å². The van der Waals surface area contributed by atoms with E-state index in [-0.39, 0.29) is 5.56 Å². The van der Waals surface area contributed by atoms with Gasteiger partial charge in [-0.25, -0.2) is 4.79 Å². The molecule has 0 radical (unpaired) electrons. The Hall–Kier alpha value is -2.07. The molecule has 2 aliphatic carbocycles. The minimum Gasteiger partial charge on any atom is -0.478 e. The van der Waals surface area contributed by atoms with E-state index in [4.69, 9.17) is 0 Å². The summed E-state index contributed by atoms with van der Waals surface area (Å²) in [4.78, 5) is 13.5. The smallest absolute Gasteiger partial charge is 0.336 e. The maximum atomic E-state index is 13.5. The summed E-state index contributed by atoms with van der Waals surface area (Å²) in [5.74, 6) is -0.967. The fourth-order valence-electron chi connectivity index (χ4n) is 7.11. The molecule has 0 amide bonds.